The Hall–Kier alpha value is -5.66. The molecule has 1 heteroatoms. The molecule has 0 atom stereocenters. The Bertz CT molecular complexity index is 2260. The molecule has 1 heterocycles. The van der Waals surface area contributed by atoms with Gasteiger partial charge in [-0.3, -0.25) is 0 Å². The lowest BCUT2D eigenvalue weighted by Crippen LogP contribution is -2.26. The summed E-state index contributed by atoms with van der Waals surface area (Å²) in [5.41, 5.74) is 17.4. The van der Waals surface area contributed by atoms with Gasteiger partial charge in [0.15, 0.2) is 0 Å². The van der Waals surface area contributed by atoms with Crippen LogP contribution < -0.4 is 4.74 Å². The van der Waals surface area contributed by atoms with Crippen molar-refractivity contribution in [3.05, 3.63) is 180 Å². The molecule has 204 valence electrons. The Morgan fingerprint density at radius 3 is 1.43 bits per heavy atom. The predicted molar refractivity (Wildman–Crippen MR) is 179 cm³/mol. The predicted octanol–water partition coefficient (Wildman–Crippen LogP) is 11.1. The number of hydrogen-bond acceptors (Lipinski definition) is 1. The minimum Gasteiger partial charge on any atom is -0.456 e. The van der Waals surface area contributed by atoms with Gasteiger partial charge < -0.3 is 4.74 Å². The summed E-state index contributed by atoms with van der Waals surface area (Å²) < 4.78 is 6.61. The number of ether oxygens (including phenoxy) is 1. The highest BCUT2D eigenvalue weighted by molar-refractivity contribution is 5.99. The molecule has 44 heavy (non-hydrogen) atoms. The quantitative estimate of drug-likeness (QED) is 0.195. The summed E-state index contributed by atoms with van der Waals surface area (Å²) in [6.07, 6.45) is 0. The van der Waals surface area contributed by atoms with Crippen LogP contribution in [0.25, 0.3) is 55.6 Å². The molecule has 0 saturated carbocycles. The van der Waals surface area contributed by atoms with Crippen molar-refractivity contribution in [3.8, 4) is 67.1 Å². The molecule has 3 aliphatic rings. The van der Waals surface area contributed by atoms with Crippen LogP contribution in [-0.4, -0.2) is 0 Å². The van der Waals surface area contributed by atoms with Crippen LogP contribution in [-0.2, 0) is 5.41 Å². The maximum atomic E-state index is 6.61. The third-order valence-electron chi connectivity index (χ3n) is 9.92. The van der Waals surface area contributed by atoms with E-state index in [2.05, 4.69) is 152 Å². The highest BCUT2D eigenvalue weighted by atomic mass is 16.5. The highest BCUT2D eigenvalue weighted by Gasteiger charge is 2.52. The largest absolute Gasteiger partial charge is 0.456 e. The molecule has 0 N–H and O–H groups in total. The average Bonchev–Trinajstić information content (AvgIpc) is 3.51. The van der Waals surface area contributed by atoms with Crippen LogP contribution in [0.3, 0.4) is 0 Å². The van der Waals surface area contributed by atoms with Gasteiger partial charge in [0.05, 0.1) is 5.41 Å². The lowest BCUT2D eigenvalue weighted by molar-refractivity contribution is 0.488. The normalized spacial score (nSPS) is 13.8. The summed E-state index contributed by atoms with van der Waals surface area (Å²) in [5.74, 6) is 1.77. The molecule has 1 nitrogen and oxygen atoms in total. The summed E-state index contributed by atoms with van der Waals surface area (Å²) in [6, 6.07) is 57.7. The maximum Gasteiger partial charge on any atom is 0.135 e. The van der Waals surface area contributed by atoms with Crippen molar-refractivity contribution in [1.82, 2.24) is 0 Å². The lowest BCUT2D eigenvalue weighted by atomic mass is 9.68. The van der Waals surface area contributed by atoms with Gasteiger partial charge in [0.1, 0.15) is 11.5 Å². The number of benzene rings is 7. The van der Waals surface area contributed by atoms with Crippen LogP contribution in [0.2, 0.25) is 0 Å². The van der Waals surface area contributed by atoms with E-state index in [1.165, 1.54) is 66.8 Å². The van der Waals surface area contributed by atoms with E-state index in [-0.39, 0.29) is 0 Å². The first-order chi connectivity index (χ1) is 21.8. The van der Waals surface area contributed by atoms with E-state index in [9.17, 15) is 0 Å². The molecule has 1 aliphatic heterocycles. The van der Waals surface area contributed by atoms with Crippen molar-refractivity contribution in [1.29, 1.82) is 0 Å². The standard InChI is InChI=1S/C43H26O/c1-2-13-30-29(12-1)34-17-6-10-23-40(34)44-41-25-24-27(26-36(30)41)28-18-11-19-35-33-16-5-9-22-39(33)43(42(28)35)37-20-7-3-14-31(37)32-15-4-8-21-38(32)43/h1-26H. The summed E-state index contributed by atoms with van der Waals surface area (Å²) in [4.78, 5) is 0. The number of fused-ring (bicyclic) bond motifs is 15. The summed E-state index contributed by atoms with van der Waals surface area (Å²) >= 11 is 0. The summed E-state index contributed by atoms with van der Waals surface area (Å²) in [5, 5.41) is 0. The van der Waals surface area contributed by atoms with Crippen LogP contribution in [0.4, 0.5) is 0 Å². The van der Waals surface area contributed by atoms with Gasteiger partial charge in [-0.15, -0.1) is 0 Å². The van der Waals surface area contributed by atoms with Gasteiger partial charge in [-0.25, -0.2) is 0 Å². The summed E-state index contributed by atoms with van der Waals surface area (Å²) in [7, 11) is 0. The van der Waals surface area contributed by atoms with Crippen LogP contribution in [0.1, 0.15) is 22.3 Å². The van der Waals surface area contributed by atoms with E-state index in [4.69, 9.17) is 4.74 Å². The first-order valence-electron chi connectivity index (χ1n) is 15.3. The van der Waals surface area contributed by atoms with Crippen molar-refractivity contribution in [2.75, 3.05) is 0 Å². The fourth-order valence-electron chi connectivity index (χ4n) is 8.24. The molecule has 7 aromatic carbocycles. The zero-order chi connectivity index (χ0) is 28.8. The van der Waals surface area contributed by atoms with E-state index < -0.39 is 5.41 Å². The Morgan fingerprint density at radius 2 is 0.773 bits per heavy atom. The molecular formula is C43H26O. The van der Waals surface area contributed by atoms with E-state index in [1.54, 1.807) is 0 Å². The molecule has 2 aliphatic carbocycles. The van der Waals surface area contributed by atoms with E-state index in [1.807, 2.05) is 6.07 Å². The third kappa shape index (κ3) is 2.94. The highest BCUT2D eigenvalue weighted by Crippen LogP contribution is 2.64. The fourth-order valence-corrected chi connectivity index (χ4v) is 8.24. The van der Waals surface area contributed by atoms with Crippen molar-refractivity contribution in [3.63, 3.8) is 0 Å². The molecule has 0 amide bonds. The molecular weight excluding hydrogens is 532 g/mol. The second-order valence-electron chi connectivity index (χ2n) is 12.0. The summed E-state index contributed by atoms with van der Waals surface area (Å²) in [6.45, 7) is 0. The average molecular weight is 559 g/mol. The molecule has 7 aromatic rings. The van der Waals surface area contributed by atoms with Crippen LogP contribution in [0.5, 0.6) is 11.5 Å². The van der Waals surface area contributed by atoms with Gasteiger partial charge in [-0.05, 0) is 85.0 Å². The van der Waals surface area contributed by atoms with Crippen molar-refractivity contribution < 1.29 is 4.74 Å². The van der Waals surface area contributed by atoms with Crippen molar-refractivity contribution in [2.24, 2.45) is 0 Å². The maximum absolute atomic E-state index is 6.61. The zero-order valence-electron chi connectivity index (χ0n) is 23.9. The number of hydrogen-bond donors (Lipinski definition) is 0. The van der Waals surface area contributed by atoms with Gasteiger partial charge in [0, 0.05) is 11.1 Å². The van der Waals surface area contributed by atoms with Crippen LogP contribution in [0.15, 0.2) is 158 Å². The minimum absolute atomic E-state index is 0.396. The van der Waals surface area contributed by atoms with E-state index in [0.717, 1.165) is 22.6 Å². The third-order valence-corrected chi connectivity index (χ3v) is 9.92. The van der Waals surface area contributed by atoms with Gasteiger partial charge in [0.25, 0.3) is 0 Å². The number of rotatable bonds is 1. The second-order valence-corrected chi connectivity index (χ2v) is 12.0. The smallest absolute Gasteiger partial charge is 0.135 e. The van der Waals surface area contributed by atoms with E-state index >= 15 is 0 Å². The SMILES string of the molecule is c1ccc2c(c1)Oc1ccc(-c3cccc4c3C3(c5ccccc5-c5ccccc53)c3ccccc3-4)cc1-c1ccccc1-2. The first-order valence-corrected chi connectivity index (χ1v) is 15.3. The molecule has 0 aromatic heterocycles. The molecule has 0 radical (unpaired) electrons. The number of para-hydroxylation sites is 1. The van der Waals surface area contributed by atoms with Gasteiger partial charge in [-0.2, -0.15) is 0 Å². The molecule has 0 fully saturated rings. The Morgan fingerprint density at radius 1 is 0.318 bits per heavy atom. The second kappa shape index (κ2) is 8.69. The van der Waals surface area contributed by atoms with Crippen molar-refractivity contribution >= 4 is 0 Å². The molecule has 0 unspecified atom stereocenters. The molecule has 0 bridgehead atoms. The lowest BCUT2D eigenvalue weighted by Gasteiger charge is -2.32. The monoisotopic (exact) mass is 558 g/mol. The Labute approximate surface area is 256 Å². The van der Waals surface area contributed by atoms with Crippen LogP contribution >= 0.6 is 0 Å². The molecule has 0 saturated heterocycles. The van der Waals surface area contributed by atoms with Crippen molar-refractivity contribution in [2.45, 2.75) is 5.41 Å². The Balaban J connectivity index is 1.29. The van der Waals surface area contributed by atoms with Crippen LogP contribution in [0, 0.1) is 0 Å². The first kappa shape index (κ1) is 23.9. The van der Waals surface area contributed by atoms with Gasteiger partial charge >= 0.3 is 0 Å². The Kier molecular flexibility index (Phi) is 4.71. The fraction of sp³-hybridized carbons (Fsp3) is 0.0233. The van der Waals surface area contributed by atoms with Gasteiger partial charge in [-0.1, -0.05) is 140 Å². The topological polar surface area (TPSA) is 9.23 Å². The van der Waals surface area contributed by atoms with Gasteiger partial charge in [0.2, 0.25) is 0 Å². The minimum atomic E-state index is -0.396. The molecule has 1 spiro atoms. The zero-order valence-corrected chi connectivity index (χ0v) is 23.9. The van der Waals surface area contributed by atoms with E-state index in [0.29, 0.717) is 0 Å². The molecule has 10 rings (SSSR count).